The number of hydrogen-bond acceptors (Lipinski definition) is 2. The zero-order chi connectivity index (χ0) is 9.35. The Morgan fingerprint density at radius 2 is 2.42 bits per heavy atom. The van der Waals surface area contributed by atoms with Crippen molar-refractivity contribution in [1.82, 2.24) is 5.32 Å². The molecule has 1 rings (SSSR count). The van der Waals surface area contributed by atoms with Crippen LogP contribution in [0.15, 0.2) is 12.7 Å². The van der Waals surface area contributed by atoms with Crippen LogP contribution >= 0.6 is 0 Å². The maximum Gasteiger partial charge on any atom is 0.324 e. The zero-order valence-corrected chi connectivity index (χ0v) is 7.50. The fourth-order valence-corrected chi connectivity index (χ4v) is 1.56. The summed E-state index contributed by atoms with van der Waals surface area (Å²) in [6.45, 7) is 7.50. The molecule has 3 nitrogen and oxygen atoms in total. The Bertz CT molecular complexity index is 213. The number of nitrogens with one attached hydrogen (secondary N) is 1. The highest BCUT2D eigenvalue weighted by Crippen LogP contribution is 2.44. The van der Waals surface area contributed by atoms with Gasteiger partial charge in [-0.05, 0) is 20.3 Å². The first kappa shape index (κ1) is 9.26. The van der Waals surface area contributed by atoms with E-state index in [0.717, 1.165) is 0 Å². The molecule has 2 atom stereocenters. The van der Waals surface area contributed by atoms with Gasteiger partial charge in [0.25, 0.3) is 0 Å². The number of carbonyl (C=O) groups is 1. The molecule has 0 spiro atoms. The van der Waals surface area contributed by atoms with Crippen LogP contribution in [-0.2, 0) is 4.79 Å². The molecule has 3 heteroatoms. The number of carboxylic acid groups (broad SMARTS) is 1. The lowest BCUT2D eigenvalue weighted by Gasteiger charge is -2.16. The van der Waals surface area contributed by atoms with Gasteiger partial charge in [0.2, 0.25) is 0 Å². The van der Waals surface area contributed by atoms with Gasteiger partial charge in [-0.15, -0.1) is 6.58 Å². The molecular weight excluding hydrogens is 154 g/mol. The van der Waals surface area contributed by atoms with E-state index in [1.165, 1.54) is 0 Å². The van der Waals surface area contributed by atoms with Crippen molar-refractivity contribution in [1.29, 1.82) is 0 Å². The number of carboxylic acids is 1. The molecule has 0 aromatic heterocycles. The highest BCUT2D eigenvalue weighted by molar-refractivity contribution is 5.84. The van der Waals surface area contributed by atoms with Gasteiger partial charge in [-0.25, -0.2) is 0 Å². The van der Waals surface area contributed by atoms with Crippen molar-refractivity contribution in [2.75, 3.05) is 0 Å². The lowest BCUT2D eigenvalue weighted by Crippen LogP contribution is -2.44. The lowest BCUT2D eigenvalue weighted by atomic mass is 10.2. The van der Waals surface area contributed by atoms with Crippen LogP contribution in [0, 0.1) is 5.92 Å². The summed E-state index contributed by atoms with van der Waals surface area (Å²) in [5.41, 5.74) is -0.712. The molecule has 1 aliphatic rings. The summed E-state index contributed by atoms with van der Waals surface area (Å²) in [6.07, 6.45) is 2.38. The smallest absolute Gasteiger partial charge is 0.324 e. The summed E-state index contributed by atoms with van der Waals surface area (Å²) in [5, 5.41) is 12.0. The molecule has 0 aliphatic heterocycles. The molecule has 12 heavy (non-hydrogen) atoms. The first-order valence-electron chi connectivity index (χ1n) is 4.16. The zero-order valence-electron chi connectivity index (χ0n) is 7.50. The molecule has 1 saturated carbocycles. The van der Waals surface area contributed by atoms with Crippen molar-refractivity contribution in [3.8, 4) is 0 Å². The molecule has 1 fully saturated rings. The van der Waals surface area contributed by atoms with E-state index in [0.29, 0.717) is 6.42 Å². The third-order valence-corrected chi connectivity index (χ3v) is 2.23. The van der Waals surface area contributed by atoms with Crippen molar-refractivity contribution in [2.45, 2.75) is 31.8 Å². The molecule has 68 valence electrons. The third-order valence-electron chi connectivity index (χ3n) is 2.23. The summed E-state index contributed by atoms with van der Waals surface area (Å²) in [4.78, 5) is 10.9. The first-order chi connectivity index (χ1) is 5.53. The Balaban J connectivity index is 2.65. The van der Waals surface area contributed by atoms with Crippen LogP contribution in [0.3, 0.4) is 0 Å². The Morgan fingerprint density at radius 1 is 1.83 bits per heavy atom. The van der Waals surface area contributed by atoms with E-state index in [9.17, 15) is 4.79 Å². The highest BCUT2D eigenvalue weighted by atomic mass is 16.4. The quantitative estimate of drug-likeness (QED) is 0.617. The van der Waals surface area contributed by atoms with Crippen LogP contribution in [0.2, 0.25) is 0 Å². The van der Waals surface area contributed by atoms with Crippen LogP contribution in [0.4, 0.5) is 0 Å². The topological polar surface area (TPSA) is 49.3 Å². The second-order valence-electron chi connectivity index (χ2n) is 3.62. The standard InChI is InChI=1S/C9H15NO2/c1-4-7-5-9(7,8(11)12)10-6(2)3/h4,6-7,10H,1,5H2,2-3H3,(H,11,12)/t7-,9-/m1/s1. The molecule has 0 bridgehead atoms. The summed E-state index contributed by atoms with van der Waals surface area (Å²) >= 11 is 0. The van der Waals surface area contributed by atoms with E-state index in [1.807, 2.05) is 13.8 Å². The molecule has 2 N–H and O–H groups in total. The molecule has 0 radical (unpaired) electrons. The van der Waals surface area contributed by atoms with Gasteiger partial charge in [-0.1, -0.05) is 6.08 Å². The van der Waals surface area contributed by atoms with E-state index in [4.69, 9.17) is 5.11 Å². The predicted octanol–water partition coefficient (Wildman–Crippen LogP) is 1.01. The Hall–Kier alpha value is -0.830. The molecule has 0 aromatic carbocycles. The molecule has 0 amide bonds. The number of rotatable bonds is 4. The molecular formula is C9H15NO2. The lowest BCUT2D eigenvalue weighted by molar-refractivity contribution is -0.141. The number of aliphatic carboxylic acids is 1. The summed E-state index contributed by atoms with van der Waals surface area (Å²) < 4.78 is 0. The summed E-state index contributed by atoms with van der Waals surface area (Å²) in [7, 11) is 0. The van der Waals surface area contributed by atoms with E-state index in [1.54, 1.807) is 6.08 Å². The van der Waals surface area contributed by atoms with Crippen molar-refractivity contribution >= 4 is 5.97 Å². The Labute approximate surface area is 72.5 Å². The first-order valence-corrected chi connectivity index (χ1v) is 4.16. The van der Waals surface area contributed by atoms with Gasteiger partial charge >= 0.3 is 5.97 Å². The van der Waals surface area contributed by atoms with Crippen LogP contribution in [0.5, 0.6) is 0 Å². The maximum absolute atomic E-state index is 10.9. The predicted molar refractivity (Wildman–Crippen MR) is 46.9 cm³/mol. The molecule has 0 unspecified atom stereocenters. The van der Waals surface area contributed by atoms with Gasteiger partial charge in [-0.3, -0.25) is 10.1 Å². The van der Waals surface area contributed by atoms with E-state index in [-0.39, 0.29) is 12.0 Å². The van der Waals surface area contributed by atoms with Gasteiger partial charge < -0.3 is 5.11 Å². The maximum atomic E-state index is 10.9. The minimum absolute atomic E-state index is 0.0948. The van der Waals surface area contributed by atoms with Gasteiger partial charge in [0.05, 0.1) is 0 Å². The molecule has 0 heterocycles. The van der Waals surface area contributed by atoms with Crippen molar-refractivity contribution in [3.63, 3.8) is 0 Å². The Morgan fingerprint density at radius 3 is 2.67 bits per heavy atom. The largest absolute Gasteiger partial charge is 0.480 e. The highest BCUT2D eigenvalue weighted by Gasteiger charge is 2.59. The number of hydrogen-bond donors (Lipinski definition) is 2. The third kappa shape index (κ3) is 1.37. The summed E-state index contributed by atoms with van der Waals surface area (Å²) in [5.74, 6) is -0.668. The minimum atomic E-state index is -0.763. The fraction of sp³-hybridized carbons (Fsp3) is 0.667. The average molecular weight is 169 g/mol. The van der Waals surface area contributed by atoms with E-state index in [2.05, 4.69) is 11.9 Å². The SMILES string of the molecule is C=C[C@@H]1C[C@]1(NC(C)C)C(=O)O. The molecule has 1 aliphatic carbocycles. The van der Waals surface area contributed by atoms with Crippen LogP contribution in [0.1, 0.15) is 20.3 Å². The normalized spacial score (nSPS) is 33.4. The minimum Gasteiger partial charge on any atom is -0.480 e. The second kappa shape index (κ2) is 2.90. The fourth-order valence-electron chi connectivity index (χ4n) is 1.56. The van der Waals surface area contributed by atoms with Gasteiger partial charge in [-0.2, -0.15) is 0 Å². The van der Waals surface area contributed by atoms with Crippen LogP contribution < -0.4 is 5.32 Å². The van der Waals surface area contributed by atoms with Gasteiger partial charge in [0.15, 0.2) is 0 Å². The average Bonchev–Trinajstić information content (AvgIpc) is 2.62. The van der Waals surface area contributed by atoms with E-state index >= 15 is 0 Å². The second-order valence-corrected chi connectivity index (χ2v) is 3.62. The van der Waals surface area contributed by atoms with Crippen molar-refractivity contribution < 1.29 is 9.90 Å². The summed E-state index contributed by atoms with van der Waals surface area (Å²) in [6, 6.07) is 0.200. The van der Waals surface area contributed by atoms with Crippen molar-refractivity contribution in [2.24, 2.45) is 5.92 Å². The molecule has 0 saturated heterocycles. The van der Waals surface area contributed by atoms with Crippen molar-refractivity contribution in [3.05, 3.63) is 12.7 Å². The van der Waals surface area contributed by atoms with Gasteiger partial charge in [0.1, 0.15) is 5.54 Å². The monoisotopic (exact) mass is 169 g/mol. The molecule has 0 aromatic rings. The van der Waals surface area contributed by atoms with Crippen LogP contribution in [-0.4, -0.2) is 22.7 Å². The van der Waals surface area contributed by atoms with E-state index < -0.39 is 11.5 Å². The van der Waals surface area contributed by atoms with Crippen LogP contribution in [0.25, 0.3) is 0 Å². The Kier molecular flexibility index (Phi) is 2.24. The van der Waals surface area contributed by atoms with Gasteiger partial charge in [0, 0.05) is 12.0 Å².